The van der Waals surface area contributed by atoms with E-state index < -0.39 is 18.2 Å². The summed E-state index contributed by atoms with van der Waals surface area (Å²) in [6.07, 6.45) is -0.800. The minimum atomic E-state index is -1.04. The van der Waals surface area contributed by atoms with Crippen LogP contribution in [0.5, 0.6) is 0 Å². The van der Waals surface area contributed by atoms with Gasteiger partial charge in [-0.05, 0) is 46.7 Å². The van der Waals surface area contributed by atoms with E-state index >= 15 is 0 Å². The standard InChI is InChI=1S/C26H24ClNO4/c1-16(27)18-12-10-17(11-13-18)14-24(28)25(29)32-26(30)31-15-23-21-8-4-2-6-19(21)20-7-3-5-9-22(20)23/h2-13,16,23-24H,14-15,28H2,1H3/t16?,24-/m0/s1. The molecule has 0 aliphatic heterocycles. The highest BCUT2D eigenvalue weighted by molar-refractivity contribution is 6.20. The van der Waals surface area contributed by atoms with Crippen molar-refractivity contribution in [1.82, 2.24) is 0 Å². The molecule has 3 aromatic rings. The molecule has 3 aromatic carbocycles. The van der Waals surface area contributed by atoms with Gasteiger partial charge in [-0.2, -0.15) is 0 Å². The summed E-state index contributed by atoms with van der Waals surface area (Å²) in [6, 6.07) is 22.5. The van der Waals surface area contributed by atoms with E-state index in [1.54, 1.807) is 0 Å². The SMILES string of the molecule is CC(Cl)c1ccc(C[C@H](N)C(=O)OC(=O)OCC2c3ccccc3-c3ccccc32)cc1. The number of esters is 1. The van der Waals surface area contributed by atoms with Crippen molar-refractivity contribution in [2.75, 3.05) is 6.61 Å². The molecule has 6 heteroatoms. The number of fused-ring (bicyclic) bond motifs is 3. The molecule has 164 valence electrons. The van der Waals surface area contributed by atoms with Crippen molar-refractivity contribution in [3.05, 3.63) is 95.1 Å². The second-order valence-electron chi connectivity index (χ2n) is 7.88. The van der Waals surface area contributed by atoms with E-state index in [1.807, 2.05) is 67.6 Å². The van der Waals surface area contributed by atoms with Gasteiger partial charge in [0.05, 0.1) is 5.38 Å². The van der Waals surface area contributed by atoms with Gasteiger partial charge in [-0.1, -0.05) is 72.8 Å². The van der Waals surface area contributed by atoms with Gasteiger partial charge in [-0.15, -0.1) is 11.6 Å². The summed E-state index contributed by atoms with van der Waals surface area (Å²) in [7, 11) is 0. The highest BCUT2D eigenvalue weighted by Crippen LogP contribution is 2.44. The summed E-state index contributed by atoms with van der Waals surface area (Å²) in [5.74, 6) is -0.932. The molecule has 0 fully saturated rings. The molecule has 0 spiro atoms. The second-order valence-corrected chi connectivity index (χ2v) is 8.53. The summed E-state index contributed by atoms with van der Waals surface area (Å²) < 4.78 is 10.1. The van der Waals surface area contributed by atoms with Crippen LogP contribution in [-0.4, -0.2) is 24.8 Å². The lowest BCUT2D eigenvalue weighted by molar-refractivity contribution is -0.141. The van der Waals surface area contributed by atoms with E-state index in [4.69, 9.17) is 26.8 Å². The Morgan fingerprint density at radius 2 is 1.50 bits per heavy atom. The Bertz CT molecular complexity index is 1080. The Hall–Kier alpha value is -3.15. The molecule has 4 rings (SSSR count). The number of carbonyl (C=O) groups is 2. The third-order valence-electron chi connectivity index (χ3n) is 5.71. The number of rotatable bonds is 6. The minimum Gasteiger partial charge on any atom is -0.433 e. The molecule has 0 bridgehead atoms. The van der Waals surface area contributed by atoms with Crippen LogP contribution >= 0.6 is 11.6 Å². The molecule has 5 nitrogen and oxygen atoms in total. The van der Waals surface area contributed by atoms with Crippen molar-refractivity contribution in [2.45, 2.75) is 30.7 Å². The number of ether oxygens (including phenoxy) is 2. The predicted molar refractivity (Wildman–Crippen MR) is 124 cm³/mol. The third-order valence-corrected chi connectivity index (χ3v) is 5.96. The molecule has 2 N–H and O–H groups in total. The molecule has 0 radical (unpaired) electrons. The van der Waals surface area contributed by atoms with Gasteiger partial charge in [0.25, 0.3) is 0 Å². The molecule has 1 unspecified atom stereocenters. The number of hydrogen-bond donors (Lipinski definition) is 1. The highest BCUT2D eigenvalue weighted by Gasteiger charge is 2.30. The van der Waals surface area contributed by atoms with Gasteiger partial charge < -0.3 is 15.2 Å². The van der Waals surface area contributed by atoms with Crippen LogP contribution in [0.4, 0.5) is 4.79 Å². The van der Waals surface area contributed by atoms with E-state index in [1.165, 1.54) is 0 Å². The predicted octanol–water partition coefficient (Wildman–Crippen LogP) is 5.35. The van der Waals surface area contributed by atoms with Crippen LogP contribution in [0.1, 0.15) is 40.5 Å². The average molecular weight is 450 g/mol. The first-order valence-corrected chi connectivity index (χ1v) is 10.9. The molecule has 0 saturated heterocycles. The van der Waals surface area contributed by atoms with Crippen LogP contribution < -0.4 is 5.73 Å². The average Bonchev–Trinajstić information content (AvgIpc) is 3.12. The van der Waals surface area contributed by atoms with Crippen LogP contribution in [0.2, 0.25) is 0 Å². The summed E-state index contributed by atoms with van der Waals surface area (Å²) in [5, 5.41) is -0.101. The Morgan fingerprint density at radius 3 is 2.06 bits per heavy atom. The first-order chi connectivity index (χ1) is 15.4. The first-order valence-electron chi connectivity index (χ1n) is 10.5. The zero-order valence-corrected chi connectivity index (χ0v) is 18.4. The fourth-order valence-corrected chi connectivity index (χ4v) is 4.18. The quantitative estimate of drug-likeness (QED) is 0.312. The molecule has 32 heavy (non-hydrogen) atoms. The van der Waals surface area contributed by atoms with Gasteiger partial charge in [-0.25, -0.2) is 9.59 Å². The number of alkyl halides is 1. The Labute approximate surface area is 192 Å². The van der Waals surface area contributed by atoms with E-state index in [-0.39, 0.29) is 24.3 Å². The van der Waals surface area contributed by atoms with E-state index in [9.17, 15) is 9.59 Å². The minimum absolute atomic E-state index is 0.0768. The summed E-state index contributed by atoms with van der Waals surface area (Å²) in [5.41, 5.74) is 12.2. The van der Waals surface area contributed by atoms with Crippen LogP contribution in [0.15, 0.2) is 72.8 Å². The van der Waals surface area contributed by atoms with Crippen LogP contribution in [0.25, 0.3) is 11.1 Å². The fourth-order valence-electron chi connectivity index (χ4n) is 4.03. The normalized spacial score (nSPS) is 14.2. The molecule has 2 atom stereocenters. The zero-order valence-electron chi connectivity index (χ0n) is 17.7. The van der Waals surface area contributed by atoms with E-state index in [0.717, 1.165) is 33.4 Å². The maximum atomic E-state index is 12.3. The Morgan fingerprint density at radius 1 is 0.938 bits per heavy atom. The summed E-state index contributed by atoms with van der Waals surface area (Å²) >= 11 is 6.05. The molecular formula is C26H24ClNO4. The lowest BCUT2D eigenvalue weighted by Crippen LogP contribution is -2.36. The van der Waals surface area contributed by atoms with E-state index in [2.05, 4.69) is 12.1 Å². The van der Waals surface area contributed by atoms with Gasteiger partial charge in [0.15, 0.2) is 0 Å². The molecule has 0 saturated carbocycles. The Kier molecular flexibility index (Phi) is 6.58. The third kappa shape index (κ3) is 4.69. The number of hydrogen-bond acceptors (Lipinski definition) is 5. The molecular weight excluding hydrogens is 426 g/mol. The van der Waals surface area contributed by atoms with Crippen molar-refractivity contribution in [3.63, 3.8) is 0 Å². The van der Waals surface area contributed by atoms with Crippen molar-refractivity contribution < 1.29 is 19.1 Å². The van der Waals surface area contributed by atoms with Gasteiger partial charge >= 0.3 is 12.1 Å². The molecule has 0 aromatic heterocycles. The molecule has 0 amide bonds. The maximum absolute atomic E-state index is 12.3. The number of benzene rings is 3. The monoisotopic (exact) mass is 449 g/mol. The summed E-state index contributed by atoms with van der Waals surface area (Å²) in [6.45, 7) is 1.96. The molecule has 0 heterocycles. The number of halogens is 1. The lowest BCUT2D eigenvalue weighted by atomic mass is 9.98. The van der Waals surface area contributed by atoms with Gasteiger partial charge in [0.1, 0.15) is 12.6 Å². The molecule has 1 aliphatic rings. The van der Waals surface area contributed by atoms with Crippen LogP contribution in [0, 0.1) is 0 Å². The lowest BCUT2D eigenvalue weighted by Gasteiger charge is -2.15. The first kappa shape index (κ1) is 22.1. The second kappa shape index (κ2) is 9.55. The largest absolute Gasteiger partial charge is 0.516 e. The topological polar surface area (TPSA) is 78.6 Å². The maximum Gasteiger partial charge on any atom is 0.516 e. The fraction of sp³-hybridized carbons (Fsp3) is 0.231. The summed E-state index contributed by atoms with van der Waals surface area (Å²) in [4.78, 5) is 24.4. The Balaban J connectivity index is 1.33. The van der Waals surface area contributed by atoms with Gasteiger partial charge in [0, 0.05) is 5.92 Å². The van der Waals surface area contributed by atoms with Crippen molar-refractivity contribution in [1.29, 1.82) is 0 Å². The van der Waals surface area contributed by atoms with Crippen molar-refractivity contribution >= 4 is 23.7 Å². The molecule has 1 aliphatic carbocycles. The van der Waals surface area contributed by atoms with Crippen molar-refractivity contribution in [3.8, 4) is 11.1 Å². The zero-order chi connectivity index (χ0) is 22.7. The van der Waals surface area contributed by atoms with Crippen LogP contribution in [-0.2, 0) is 20.7 Å². The number of carbonyl (C=O) groups excluding carboxylic acids is 2. The smallest absolute Gasteiger partial charge is 0.433 e. The highest BCUT2D eigenvalue weighted by atomic mass is 35.5. The van der Waals surface area contributed by atoms with Gasteiger partial charge in [-0.3, -0.25) is 0 Å². The van der Waals surface area contributed by atoms with E-state index in [0.29, 0.717) is 0 Å². The van der Waals surface area contributed by atoms with Crippen molar-refractivity contribution in [2.24, 2.45) is 5.73 Å². The number of nitrogens with two attached hydrogens (primary N) is 1. The van der Waals surface area contributed by atoms with Gasteiger partial charge in [0.2, 0.25) is 0 Å². The van der Waals surface area contributed by atoms with Crippen LogP contribution in [0.3, 0.4) is 0 Å².